The molecule has 1 aromatic carbocycles. The predicted octanol–water partition coefficient (Wildman–Crippen LogP) is 4.02. The fourth-order valence-corrected chi connectivity index (χ4v) is 9.00. The van der Waals surface area contributed by atoms with E-state index in [2.05, 4.69) is 9.46 Å². The smallest absolute Gasteiger partial charge is 0.337 e. The fraction of sp³-hybridized carbons (Fsp3) is 0.725. The molecule has 3 amide bonds. The van der Waals surface area contributed by atoms with Gasteiger partial charge in [0.15, 0.2) is 5.78 Å². The Morgan fingerprint density at radius 2 is 1.49 bits per heavy atom. The van der Waals surface area contributed by atoms with Crippen molar-refractivity contribution in [3.63, 3.8) is 0 Å². The summed E-state index contributed by atoms with van der Waals surface area (Å²) in [5.74, 6) is -3.43. The third-order valence-corrected chi connectivity index (χ3v) is 12.5. The minimum absolute atomic E-state index is 0.0154. The molecule has 0 bridgehead atoms. The van der Waals surface area contributed by atoms with Crippen LogP contribution >= 0.6 is 0 Å². The van der Waals surface area contributed by atoms with Gasteiger partial charge < -0.3 is 24.0 Å². The van der Waals surface area contributed by atoms with E-state index >= 15 is 0 Å². The lowest BCUT2D eigenvalue weighted by molar-refractivity contribution is -0.149. The van der Waals surface area contributed by atoms with E-state index in [0.29, 0.717) is 25.8 Å². The molecule has 312 valence electrons. The molecule has 2 rings (SSSR count). The molecule has 0 spiro atoms. The van der Waals surface area contributed by atoms with Crippen LogP contribution in [0.4, 0.5) is 0 Å². The van der Waals surface area contributed by atoms with Crippen molar-refractivity contribution in [2.24, 2.45) is 29.6 Å². The first-order chi connectivity index (χ1) is 25.7. The molecule has 0 aliphatic carbocycles. The third kappa shape index (κ3) is 12.0. The van der Waals surface area contributed by atoms with Gasteiger partial charge in [0.2, 0.25) is 17.7 Å². The molecule has 1 N–H and O–H groups in total. The van der Waals surface area contributed by atoms with Crippen LogP contribution in [0.25, 0.3) is 0 Å². The number of hydrogen-bond donors (Lipinski definition) is 1. The van der Waals surface area contributed by atoms with E-state index in [0.717, 1.165) is 0 Å². The first kappa shape index (κ1) is 47.8. The maximum atomic E-state index is 14.3. The highest BCUT2D eigenvalue weighted by Crippen LogP contribution is 2.31. The van der Waals surface area contributed by atoms with Crippen LogP contribution in [0.1, 0.15) is 90.9 Å². The van der Waals surface area contributed by atoms with Gasteiger partial charge in [-0.2, -0.15) is 0 Å². The second-order valence-electron chi connectivity index (χ2n) is 15.7. The van der Waals surface area contributed by atoms with Crippen molar-refractivity contribution < 1.29 is 46.6 Å². The first-order valence-corrected chi connectivity index (χ1v) is 20.7. The van der Waals surface area contributed by atoms with Crippen LogP contribution in [0.15, 0.2) is 29.2 Å². The molecule has 1 aromatic rings. The Kier molecular flexibility index (Phi) is 18.4. The Morgan fingerprint density at radius 3 is 1.96 bits per heavy atom. The molecular weight excluding hydrogens is 729 g/mol. The number of esters is 1. The van der Waals surface area contributed by atoms with Crippen molar-refractivity contribution in [1.29, 1.82) is 0 Å². The second kappa shape index (κ2) is 21.2. The zero-order valence-electron chi connectivity index (χ0n) is 35.2. The molecule has 0 unspecified atom stereocenters. The van der Waals surface area contributed by atoms with E-state index in [1.54, 1.807) is 23.8 Å². The Balaban J connectivity index is 2.29. The van der Waals surface area contributed by atoms with Gasteiger partial charge in [0.05, 0.1) is 60.2 Å². The number of methoxy groups -OCH3 is 3. The molecule has 1 aliphatic heterocycles. The standard InChI is InChI=1S/C40H66N4O10S/c1-14-26(6)36(43(10)39(48)30(24(2)3)22-32(45)35(25(4)5)42(8)9)33(52-11)23-34(46)44-21-15-16-31(44)37(53-12)27(7)38(47)41-55(50,51)29-19-17-28(18-20-29)40(49)54-13/h17-20,24-27,30-31,33,35-37H,14-16,21-23H2,1-13H3,(H,41,47)/t26-,27+,30-,31-,33+,35-,36-,37+/m0/s1. The number of rotatable bonds is 21. The van der Waals surface area contributed by atoms with Gasteiger partial charge in [-0.1, -0.05) is 54.9 Å². The van der Waals surface area contributed by atoms with E-state index < -0.39 is 58.0 Å². The Bertz CT molecular complexity index is 1560. The van der Waals surface area contributed by atoms with Crippen molar-refractivity contribution in [2.75, 3.05) is 49.0 Å². The molecule has 1 aliphatic rings. The zero-order chi connectivity index (χ0) is 41.9. The third-order valence-electron chi connectivity index (χ3n) is 11.1. The quantitative estimate of drug-likeness (QED) is 0.179. The van der Waals surface area contributed by atoms with Crippen LogP contribution in [0.5, 0.6) is 0 Å². The molecule has 15 heteroatoms. The number of carbonyl (C=O) groups excluding carboxylic acids is 5. The van der Waals surface area contributed by atoms with Gasteiger partial charge in [0.25, 0.3) is 10.0 Å². The average molecular weight is 795 g/mol. The van der Waals surface area contributed by atoms with E-state index in [1.165, 1.54) is 45.6 Å². The number of amides is 3. The predicted molar refractivity (Wildman–Crippen MR) is 209 cm³/mol. The summed E-state index contributed by atoms with van der Waals surface area (Å²) in [6, 6.07) is 3.67. The summed E-state index contributed by atoms with van der Waals surface area (Å²) in [5, 5.41) is 0. The lowest BCUT2D eigenvalue weighted by atomic mass is 9.83. The summed E-state index contributed by atoms with van der Waals surface area (Å²) in [6.07, 6.45) is 0.435. The van der Waals surface area contributed by atoms with E-state index in [4.69, 9.17) is 9.47 Å². The Hall–Kier alpha value is -3.40. The number of likely N-dealkylation sites (N-methyl/N-ethyl adjacent to an activating group) is 2. The number of likely N-dealkylation sites (tertiary alicyclic amines) is 1. The second-order valence-corrected chi connectivity index (χ2v) is 17.4. The Morgan fingerprint density at radius 1 is 0.891 bits per heavy atom. The fourth-order valence-electron chi connectivity index (χ4n) is 7.94. The van der Waals surface area contributed by atoms with Crippen LogP contribution in [0.2, 0.25) is 0 Å². The first-order valence-electron chi connectivity index (χ1n) is 19.2. The highest BCUT2D eigenvalue weighted by atomic mass is 32.2. The molecule has 8 atom stereocenters. The number of carbonyl (C=O) groups is 5. The summed E-state index contributed by atoms with van der Waals surface area (Å²) in [4.78, 5) is 72.1. The summed E-state index contributed by atoms with van der Waals surface area (Å²) < 4.78 is 44.8. The summed E-state index contributed by atoms with van der Waals surface area (Å²) >= 11 is 0. The van der Waals surface area contributed by atoms with Gasteiger partial charge in [0, 0.05) is 40.2 Å². The van der Waals surface area contributed by atoms with Crippen molar-refractivity contribution in [1.82, 2.24) is 19.4 Å². The number of sulfonamides is 1. The number of hydrogen-bond acceptors (Lipinski definition) is 11. The molecular formula is C40H66N4O10S. The monoisotopic (exact) mass is 794 g/mol. The van der Waals surface area contributed by atoms with Crippen LogP contribution < -0.4 is 4.72 Å². The number of benzene rings is 1. The maximum Gasteiger partial charge on any atom is 0.337 e. The van der Waals surface area contributed by atoms with E-state index in [-0.39, 0.29) is 64.7 Å². The minimum Gasteiger partial charge on any atom is -0.465 e. The highest BCUT2D eigenvalue weighted by molar-refractivity contribution is 7.90. The zero-order valence-corrected chi connectivity index (χ0v) is 36.0. The Labute approximate surface area is 329 Å². The van der Waals surface area contributed by atoms with Gasteiger partial charge in [-0.3, -0.25) is 24.1 Å². The number of nitrogens with zero attached hydrogens (tertiary/aromatic N) is 3. The lowest BCUT2D eigenvalue weighted by Gasteiger charge is -2.41. The highest BCUT2D eigenvalue weighted by Gasteiger charge is 2.43. The topological polar surface area (TPSA) is 169 Å². The molecule has 1 heterocycles. The average Bonchev–Trinajstić information content (AvgIpc) is 3.62. The van der Waals surface area contributed by atoms with Gasteiger partial charge in [0.1, 0.15) is 0 Å². The van der Waals surface area contributed by atoms with Crippen molar-refractivity contribution in [3.05, 3.63) is 29.8 Å². The normalized spacial score (nSPS) is 18.7. The van der Waals surface area contributed by atoms with Crippen molar-refractivity contribution in [3.8, 4) is 0 Å². The SMILES string of the molecule is CC[C@H](C)[C@@H]([C@@H](CC(=O)N1CCC[C@H]1[C@H](OC)[C@@H](C)C(=O)NS(=O)(=O)c1ccc(C(=O)OC)cc1)OC)N(C)C(=O)[C@@H](CC(=O)[C@H](C(C)C)N(C)C)C(C)C. The van der Waals surface area contributed by atoms with Crippen LogP contribution in [0.3, 0.4) is 0 Å². The molecule has 0 aromatic heterocycles. The molecule has 55 heavy (non-hydrogen) atoms. The van der Waals surface area contributed by atoms with Crippen molar-refractivity contribution >= 4 is 39.5 Å². The van der Waals surface area contributed by atoms with Gasteiger partial charge in [-0.25, -0.2) is 17.9 Å². The van der Waals surface area contributed by atoms with Gasteiger partial charge >= 0.3 is 5.97 Å². The molecule has 1 saturated heterocycles. The van der Waals surface area contributed by atoms with Crippen LogP contribution in [-0.2, 0) is 43.4 Å². The number of Topliss-reactive ketones (excluding diaryl/α,β-unsaturated/α-hetero) is 1. The number of ketones is 1. The molecule has 0 radical (unpaired) electrons. The number of ether oxygens (including phenoxy) is 3. The summed E-state index contributed by atoms with van der Waals surface area (Å²) in [7, 11) is 5.33. The number of nitrogens with one attached hydrogen (secondary N) is 1. The minimum atomic E-state index is -4.29. The van der Waals surface area contributed by atoms with Crippen molar-refractivity contribution in [2.45, 2.75) is 116 Å². The summed E-state index contributed by atoms with van der Waals surface area (Å²) in [6.45, 7) is 13.9. The van der Waals surface area contributed by atoms with E-state index in [9.17, 15) is 32.4 Å². The maximum absolute atomic E-state index is 14.3. The van der Waals surface area contributed by atoms with Gasteiger partial charge in [-0.05, 0) is 69.0 Å². The van der Waals surface area contributed by atoms with Crippen LogP contribution in [0, 0.1) is 29.6 Å². The van der Waals surface area contributed by atoms with E-state index in [1.807, 2.05) is 60.5 Å². The lowest BCUT2D eigenvalue weighted by Crippen LogP contribution is -2.54. The summed E-state index contributed by atoms with van der Waals surface area (Å²) in [5.41, 5.74) is 0.155. The van der Waals surface area contributed by atoms with Gasteiger partial charge in [-0.15, -0.1) is 0 Å². The molecule has 14 nitrogen and oxygen atoms in total. The molecule has 1 fully saturated rings. The van der Waals surface area contributed by atoms with Crippen LogP contribution in [-0.4, -0.2) is 132 Å². The molecule has 0 saturated carbocycles. The largest absolute Gasteiger partial charge is 0.465 e.